The lowest BCUT2D eigenvalue weighted by molar-refractivity contribution is 0.529. The van der Waals surface area contributed by atoms with Crippen LogP contribution in [-0.4, -0.2) is 12.0 Å². The third-order valence-corrected chi connectivity index (χ3v) is 4.49. The van der Waals surface area contributed by atoms with Crippen LogP contribution in [0.5, 0.6) is 0 Å². The normalized spacial score (nSPS) is 13.4. The van der Waals surface area contributed by atoms with E-state index in [-0.39, 0.29) is 17.3 Å². The second-order valence-corrected chi connectivity index (χ2v) is 7.47. The third kappa shape index (κ3) is 4.02. The Balaban J connectivity index is 2.21. The first-order valence-electron chi connectivity index (χ1n) is 6.88. The van der Waals surface area contributed by atoms with Crippen LogP contribution in [-0.2, 0) is 11.8 Å². The van der Waals surface area contributed by atoms with Gasteiger partial charge in [-0.2, -0.15) is 0 Å². The van der Waals surface area contributed by atoms with Gasteiger partial charge >= 0.3 is 0 Å². The molecule has 2 aromatic rings. The zero-order valence-electron chi connectivity index (χ0n) is 12.7. The Kier molecular flexibility index (Phi) is 5.02. The first kappa shape index (κ1) is 16.4. The largest absolute Gasteiger partial charge is 0.313 e. The van der Waals surface area contributed by atoms with Crippen molar-refractivity contribution in [3.05, 3.63) is 50.7 Å². The van der Waals surface area contributed by atoms with E-state index in [9.17, 15) is 4.39 Å². The summed E-state index contributed by atoms with van der Waals surface area (Å²) in [7, 11) is 1.83. The SMILES string of the molecule is CNC(Cc1nc(C(C)(C)C)cs1)c1ccc(Cl)cc1F. The van der Waals surface area contributed by atoms with Gasteiger partial charge in [-0.1, -0.05) is 38.4 Å². The van der Waals surface area contributed by atoms with Gasteiger partial charge < -0.3 is 5.32 Å². The molecule has 1 aromatic carbocycles. The average molecular weight is 327 g/mol. The van der Waals surface area contributed by atoms with Gasteiger partial charge in [-0.3, -0.25) is 0 Å². The minimum atomic E-state index is -0.283. The summed E-state index contributed by atoms with van der Waals surface area (Å²) < 4.78 is 14.0. The molecule has 2 nitrogen and oxygen atoms in total. The Morgan fingerprint density at radius 2 is 2.10 bits per heavy atom. The number of hydrogen-bond acceptors (Lipinski definition) is 3. The van der Waals surface area contributed by atoms with Crippen molar-refractivity contribution in [3.63, 3.8) is 0 Å². The van der Waals surface area contributed by atoms with Gasteiger partial charge in [-0.25, -0.2) is 9.37 Å². The Hall–Kier alpha value is -0.970. The molecule has 1 N–H and O–H groups in total. The van der Waals surface area contributed by atoms with Crippen LogP contribution in [0.25, 0.3) is 0 Å². The maximum atomic E-state index is 14.0. The number of benzene rings is 1. The lowest BCUT2D eigenvalue weighted by atomic mass is 9.93. The molecule has 114 valence electrons. The van der Waals surface area contributed by atoms with E-state index in [2.05, 4.69) is 36.5 Å². The number of likely N-dealkylation sites (N-methyl/N-ethyl adjacent to an activating group) is 1. The van der Waals surface area contributed by atoms with Crippen molar-refractivity contribution in [2.24, 2.45) is 0 Å². The number of nitrogens with one attached hydrogen (secondary N) is 1. The van der Waals surface area contributed by atoms with Gasteiger partial charge in [-0.15, -0.1) is 11.3 Å². The second-order valence-electron chi connectivity index (χ2n) is 6.09. The highest BCUT2D eigenvalue weighted by Gasteiger charge is 2.20. The van der Waals surface area contributed by atoms with Crippen LogP contribution >= 0.6 is 22.9 Å². The molecule has 0 aliphatic rings. The predicted octanol–water partition coefficient (Wildman–Crippen LogP) is 4.74. The molecule has 0 amide bonds. The molecule has 0 spiro atoms. The highest BCUT2D eigenvalue weighted by molar-refractivity contribution is 7.09. The standard InChI is InChI=1S/C16H20ClFN2S/c1-16(2,3)14-9-21-15(20-14)8-13(19-4)11-6-5-10(17)7-12(11)18/h5-7,9,13,19H,8H2,1-4H3. The van der Waals surface area contributed by atoms with Crippen LogP contribution in [0.2, 0.25) is 5.02 Å². The molecule has 0 bridgehead atoms. The van der Waals surface area contributed by atoms with E-state index >= 15 is 0 Å². The second kappa shape index (κ2) is 6.42. The Bertz CT molecular complexity index is 619. The molecule has 1 atom stereocenters. The number of rotatable bonds is 4. The monoisotopic (exact) mass is 326 g/mol. The van der Waals surface area contributed by atoms with Crippen LogP contribution in [0.15, 0.2) is 23.6 Å². The maximum absolute atomic E-state index is 14.0. The average Bonchev–Trinajstić information content (AvgIpc) is 2.85. The van der Waals surface area contributed by atoms with E-state index in [4.69, 9.17) is 11.6 Å². The molecule has 2 rings (SSSR count). The number of halogens is 2. The van der Waals surface area contributed by atoms with E-state index in [0.717, 1.165) is 10.7 Å². The third-order valence-electron chi connectivity index (χ3n) is 3.39. The van der Waals surface area contributed by atoms with Gasteiger partial charge in [0.25, 0.3) is 0 Å². The summed E-state index contributed by atoms with van der Waals surface area (Å²) in [5.41, 5.74) is 1.73. The molecule has 21 heavy (non-hydrogen) atoms. The van der Waals surface area contributed by atoms with E-state index in [1.807, 2.05) is 7.05 Å². The Morgan fingerprint density at radius 3 is 2.62 bits per heavy atom. The number of hydrogen-bond donors (Lipinski definition) is 1. The van der Waals surface area contributed by atoms with Crippen molar-refractivity contribution < 1.29 is 4.39 Å². The molecule has 5 heteroatoms. The summed E-state index contributed by atoms with van der Waals surface area (Å²) in [4.78, 5) is 4.67. The number of nitrogens with zero attached hydrogens (tertiary/aromatic N) is 1. The lowest BCUT2D eigenvalue weighted by Crippen LogP contribution is -2.20. The fraction of sp³-hybridized carbons (Fsp3) is 0.438. The topological polar surface area (TPSA) is 24.9 Å². The Morgan fingerprint density at radius 1 is 1.38 bits per heavy atom. The van der Waals surface area contributed by atoms with Crippen LogP contribution < -0.4 is 5.32 Å². The molecule has 0 saturated heterocycles. The smallest absolute Gasteiger partial charge is 0.129 e. The molecule has 0 radical (unpaired) electrons. The van der Waals surface area contributed by atoms with Crippen LogP contribution in [0.1, 0.15) is 43.1 Å². The lowest BCUT2D eigenvalue weighted by Gasteiger charge is -2.17. The molecule has 1 unspecified atom stereocenters. The molecule has 0 aliphatic heterocycles. The van der Waals surface area contributed by atoms with Crippen LogP contribution in [0.4, 0.5) is 4.39 Å². The van der Waals surface area contributed by atoms with Crippen molar-refractivity contribution in [1.29, 1.82) is 0 Å². The van der Waals surface area contributed by atoms with Crippen molar-refractivity contribution in [3.8, 4) is 0 Å². The maximum Gasteiger partial charge on any atom is 0.129 e. The molecular formula is C16H20ClFN2S. The van der Waals surface area contributed by atoms with Gasteiger partial charge in [0.15, 0.2) is 0 Å². The molecule has 0 aliphatic carbocycles. The first-order valence-corrected chi connectivity index (χ1v) is 8.14. The summed E-state index contributed by atoms with van der Waals surface area (Å²) in [5.74, 6) is -0.283. The Labute approximate surface area is 134 Å². The highest BCUT2D eigenvalue weighted by Crippen LogP contribution is 2.28. The van der Waals surface area contributed by atoms with Gasteiger partial charge in [0.1, 0.15) is 5.82 Å². The highest BCUT2D eigenvalue weighted by atomic mass is 35.5. The quantitative estimate of drug-likeness (QED) is 0.878. The molecule has 0 saturated carbocycles. The molecule has 1 aromatic heterocycles. The minimum Gasteiger partial charge on any atom is -0.313 e. The van der Waals surface area contributed by atoms with Crippen molar-refractivity contribution >= 4 is 22.9 Å². The molecule has 1 heterocycles. The van der Waals surface area contributed by atoms with Crippen molar-refractivity contribution in [2.75, 3.05) is 7.05 Å². The fourth-order valence-corrected chi connectivity index (χ4v) is 3.30. The van der Waals surface area contributed by atoms with E-state index in [1.165, 1.54) is 6.07 Å². The van der Waals surface area contributed by atoms with Gasteiger partial charge in [0, 0.05) is 33.8 Å². The molecular weight excluding hydrogens is 307 g/mol. The zero-order valence-corrected chi connectivity index (χ0v) is 14.3. The van der Waals surface area contributed by atoms with Crippen molar-refractivity contribution in [1.82, 2.24) is 10.3 Å². The van der Waals surface area contributed by atoms with Gasteiger partial charge in [-0.05, 0) is 19.2 Å². The van der Waals surface area contributed by atoms with Crippen molar-refractivity contribution in [2.45, 2.75) is 38.6 Å². The summed E-state index contributed by atoms with van der Waals surface area (Å²) >= 11 is 7.43. The van der Waals surface area contributed by atoms with E-state index < -0.39 is 0 Å². The number of aromatic nitrogens is 1. The van der Waals surface area contributed by atoms with Crippen LogP contribution in [0.3, 0.4) is 0 Å². The van der Waals surface area contributed by atoms with E-state index in [1.54, 1.807) is 23.5 Å². The predicted molar refractivity (Wildman–Crippen MR) is 87.7 cm³/mol. The van der Waals surface area contributed by atoms with Gasteiger partial charge in [0.05, 0.1) is 10.7 Å². The summed E-state index contributed by atoms with van der Waals surface area (Å²) in [6, 6.07) is 4.69. The zero-order chi connectivity index (χ0) is 15.6. The minimum absolute atomic E-state index is 0.0371. The van der Waals surface area contributed by atoms with E-state index in [0.29, 0.717) is 17.0 Å². The summed E-state index contributed by atoms with van der Waals surface area (Å²) in [6.07, 6.45) is 0.662. The summed E-state index contributed by atoms with van der Waals surface area (Å²) in [5, 5.41) is 6.66. The molecule has 0 fully saturated rings. The van der Waals surface area contributed by atoms with Crippen LogP contribution in [0, 0.1) is 5.82 Å². The first-order chi connectivity index (χ1) is 9.81. The fourth-order valence-electron chi connectivity index (χ4n) is 2.08. The van der Waals surface area contributed by atoms with Gasteiger partial charge in [0.2, 0.25) is 0 Å². The number of thiazole rings is 1. The summed E-state index contributed by atoms with van der Waals surface area (Å²) in [6.45, 7) is 6.42.